The largest absolute Gasteiger partial charge is 0.507 e. The van der Waals surface area contributed by atoms with Gasteiger partial charge in [0.1, 0.15) is 22.3 Å². The standard InChI is InChI=1S/C13H8O3.C5H10O2/c14-9-5-3-7-11-12(9)13(15)8-4-1-2-6-10(8)16-11;1-3-5(6)7-4-2/h1-7,14H;3-4H2,1-2H3. The van der Waals surface area contributed by atoms with E-state index >= 15 is 0 Å². The molecule has 1 N–H and O–H groups in total. The summed E-state index contributed by atoms with van der Waals surface area (Å²) >= 11 is 0. The summed E-state index contributed by atoms with van der Waals surface area (Å²) in [6.45, 7) is 4.07. The highest BCUT2D eigenvalue weighted by molar-refractivity contribution is 5.92. The van der Waals surface area contributed by atoms with Gasteiger partial charge < -0.3 is 14.3 Å². The molecular formula is C18H18O5. The van der Waals surface area contributed by atoms with Crippen LogP contribution >= 0.6 is 0 Å². The summed E-state index contributed by atoms with van der Waals surface area (Å²) in [7, 11) is 0. The van der Waals surface area contributed by atoms with Crippen molar-refractivity contribution < 1.29 is 19.1 Å². The van der Waals surface area contributed by atoms with Gasteiger partial charge in [-0.2, -0.15) is 0 Å². The van der Waals surface area contributed by atoms with E-state index in [0.29, 0.717) is 29.6 Å². The third kappa shape index (κ3) is 3.69. The molecule has 0 amide bonds. The molecule has 1 aromatic heterocycles. The zero-order valence-corrected chi connectivity index (χ0v) is 13.0. The van der Waals surface area contributed by atoms with Gasteiger partial charge in [-0.3, -0.25) is 9.59 Å². The average Bonchev–Trinajstić information content (AvgIpc) is 2.56. The van der Waals surface area contributed by atoms with E-state index in [4.69, 9.17) is 4.42 Å². The van der Waals surface area contributed by atoms with Crippen molar-refractivity contribution in [2.24, 2.45) is 0 Å². The van der Waals surface area contributed by atoms with E-state index in [2.05, 4.69) is 4.74 Å². The predicted molar refractivity (Wildman–Crippen MR) is 88.6 cm³/mol. The summed E-state index contributed by atoms with van der Waals surface area (Å²) < 4.78 is 10.1. The predicted octanol–water partition coefficient (Wildman–Crippen LogP) is 3.61. The molecule has 0 aliphatic heterocycles. The van der Waals surface area contributed by atoms with Crippen LogP contribution in [0.3, 0.4) is 0 Å². The fraction of sp³-hybridized carbons (Fsp3) is 0.222. The second kappa shape index (κ2) is 7.45. The van der Waals surface area contributed by atoms with E-state index in [1.54, 1.807) is 50.2 Å². The Hall–Kier alpha value is -2.82. The van der Waals surface area contributed by atoms with Gasteiger partial charge in [0.05, 0.1) is 12.0 Å². The van der Waals surface area contributed by atoms with Crippen LogP contribution in [0.1, 0.15) is 20.3 Å². The van der Waals surface area contributed by atoms with Crippen molar-refractivity contribution in [2.75, 3.05) is 6.61 Å². The van der Waals surface area contributed by atoms with Gasteiger partial charge in [0.2, 0.25) is 5.43 Å². The highest BCUT2D eigenvalue weighted by Gasteiger charge is 2.09. The quantitative estimate of drug-likeness (QED) is 0.577. The smallest absolute Gasteiger partial charge is 0.305 e. The molecule has 5 heteroatoms. The summed E-state index contributed by atoms with van der Waals surface area (Å²) in [5.74, 6) is -0.167. The van der Waals surface area contributed by atoms with Crippen LogP contribution in [0.25, 0.3) is 21.9 Å². The molecule has 0 atom stereocenters. The van der Waals surface area contributed by atoms with Crippen molar-refractivity contribution in [3.63, 3.8) is 0 Å². The third-order valence-corrected chi connectivity index (χ3v) is 3.18. The van der Waals surface area contributed by atoms with Crippen LogP contribution in [-0.4, -0.2) is 17.7 Å². The molecule has 0 radical (unpaired) electrons. The number of phenolic OH excluding ortho intramolecular Hbond substituents is 1. The normalized spacial score (nSPS) is 10.2. The lowest BCUT2D eigenvalue weighted by Crippen LogP contribution is -2.01. The lowest BCUT2D eigenvalue weighted by atomic mass is 10.1. The molecule has 0 aliphatic rings. The van der Waals surface area contributed by atoms with Crippen LogP contribution in [0, 0.1) is 0 Å². The number of carbonyl (C=O) groups is 1. The number of esters is 1. The van der Waals surface area contributed by atoms with E-state index in [9.17, 15) is 14.7 Å². The number of phenols is 1. The first kappa shape index (κ1) is 16.5. The molecule has 0 unspecified atom stereocenters. The Balaban J connectivity index is 0.000000236. The number of fused-ring (bicyclic) bond motifs is 2. The maximum Gasteiger partial charge on any atom is 0.305 e. The van der Waals surface area contributed by atoms with E-state index in [1.165, 1.54) is 6.07 Å². The van der Waals surface area contributed by atoms with Crippen molar-refractivity contribution in [1.82, 2.24) is 0 Å². The van der Waals surface area contributed by atoms with Gasteiger partial charge in [-0.25, -0.2) is 0 Å². The molecule has 0 saturated heterocycles. The molecule has 0 bridgehead atoms. The third-order valence-electron chi connectivity index (χ3n) is 3.18. The molecule has 5 nitrogen and oxygen atoms in total. The first-order chi connectivity index (χ1) is 11.1. The van der Waals surface area contributed by atoms with Crippen LogP contribution in [-0.2, 0) is 9.53 Å². The monoisotopic (exact) mass is 314 g/mol. The average molecular weight is 314 g/mol. The van der Waals surface area contributed by atoms with Gasteiger partial charge in [0.25, 0.3) is 0 Å². The Morgan fingerprint density at radius 3 is 2.43 bits per heavy atom. The molecule has 0 aliphatic carbocycles. The highest BCUT2D eigenvalue weighted by Crippen LogP contribution is 2.24. The molecule has 120 valence electrons. The van der Waals surface area contributed by atoms with Gasteiger partial charge in [-0.1, -0.05) is 25.1 Å². The lowest BCUT2D eigenvalue weighted by molar-refractivity contribution is -0.142. The lowest BCUT2D eigenvalue weighted by Gasteiger charge is -2.01. The zero-order chi connectivity index (χ0) is 16.8. The van der Waals surface area contributed by atoms with Crippen LogP contribution in [0.4, 0.5) is 0 Å². The number of benzene rings is 2. The zero-order valence-electron chi connectivity index (χ0n) is 13.0. The molecule has 3 rings (SSSR count). The van der Waals surface area contributed by atoms with Gasteiger partial charge >= 0.3 is 5.97 Å². The Labute approximate surface area is 133 Å². The topological polar surface area (TPSA) is 76.7 Å². The maximum atomic E-state index is 12.1. The van der Waals surface area contributed by atoms with Gasteiger partial charge in [-0.05, 0) is 31.2 Å². The van der Waals surface area contributed by atoms with Crippen molar-refractivity contribution in [1.29, 1.82) is 0 Å². The minimum absolute atomic E-state index is 0.0444. The van der Waals surface area contributed by atoms with Crippen molar-refractivity contribution in [3.05, 3.63) is 52.7 Å². The first-order valence-corrected chi connectivity index (χ1v) is 7.37. The summed E-state index contributed by atoms with van der Waals surface area (Å²) in [6.07, 6.45) is 0.480. The number of hydrogen-bond donors (Lipinski definition) is 1. The Kier molecular flexibility index (Phi) is 5.36. The summed E-state index contributed by atoms with van der Waals surface area (Å²) in [5.41, 5.74) is 0.740. The number of para-hydroxylation sites is 1. The SMILES string of the molecule is CCOC(=O)CC.O=c1c2ccccc2oc2cccc(O)c12. The fourth-order valence-electron chi connectivity index (χ4n) is 2.09. The summed E-state index contributed by atoms with van der Waals surface area (Å²) in [4.78, 5) is 22.3. The van der Waals surface area contributed by atoms with Crippen molar-refractivity contribution in [3.8, 4) is 5.75 Å². The van der Waals surface area contributed by atoms with Crippen LogP contribution in [0.5, 0.6) is 5.75 Å². The van der Waals surface area contributed by atoms with Crippen LogP contribution < -0.4 is 5.43 Å². The van der Waals surface area contributed by atoms with Crippen molar-refractivity contribution in [2.45, 2.75) is 20.3 Å². The second-order valence-corrected chi connectivity index (χ2v) is 4.74. The Morgan fingerprint density at radius 2 is 1.78 bits per heavy atom. The number of rotatable bonds is 2. The van der Waals surface area contributed by atoms with E-state index in [0.717, 1.165) is 0 Å². The van der Waals surface area contributed by atoms with Crippen molar-refractivity contribution >= 4 is 27.9 Å². The molecule has 0 saturated carbocycles. The van der Waals surface area contributed by atoms with E-state index in [-0.39, 0.29) is 22.5 Å². The molecule has 23 heavy (non-hydrogen) atoms. The van der Waals surface area contributed by atoms with Gasteiger partial charge in [0, 0.05) is 6.42 Å². The minimum Gasteiger partial charge on any atom is -0.507 e. The number of aromatic hydroxyl groups is 1. The van der Waals surface area contributed by atoms with Crippen LogP contribution in [0.15, 0.2) is 51.7 Å². The molecule has 0 spiro atoms. The van der Waals surface area contributed by atoms with Crippen LogP contribution in [0.2, 0.25) is 0 Å². The minimum atomic E-state index is -0.199. The molecule has 3 aromatic rings. The van der Waals surface area contributed by atoms with E-state index < -0.39 is 0 Å². The van der Waals surface area contributed by atoms with Gasteiger partial charge in [0.15, 0.2) is 0 Å². The molecule has 0 fully saturated rings. The number of hydrogen-bond acceptors (Lipinski definition) is 5. The summed E-state index contributed by atoms with van der Waals surface area (Å²) in [6, 6.07) is 11.8. The first-order valence-electron chi connectivity index (χ1n) is 7.37. The fourth-order valence-corrected chi connectivity index (χ4v) is 2.09. The number of carbonyl (C=O) groups excluding carboxylic acids is 1. The highest BCUT2D eigenvalue weighted by atomic mass is 16.5. The second-order valence-electron chi connectivity index (χ2n) is 4.74. The van der Waals surface area contributed by atoms with E-state index in [1.807, 2.05) is 0 Å². The Morgan fingerprint density at radius 1 is 1.09 bits per heavy atom. The Bertz CT molecular complexity index is 879. The van der Waals surface area contributed by atoms with Gasteiger partial charge in [-0.15, -0.1) is 0 Å². The molecule has 1 heterocycles. The molecular weight excluding hydrogens is 296 g/mol. The summed E-state index contributed by atoms with van der Waals surface area (Å²) in [5, 5.41) is 10.4. The number of ether oxygens (including phenoxy) is 1. The molecule has 2 aromatic carbocycles. The maximum absolute atomic E-state index is 12.1.